The zero-order valence-electron chi connectivity index (χ0n) is 7.00. The van der Waals surface area contributed by atoms with Crippen molar-refractivity contribution in [3.05, 3.63) is 0 Å². The monoisotopic (exact) mass is 174 g/mol. The Hall–Kier alpha value is -0.180. The number of carbonyl (C=O) groups is 1. The number of esters is 1. The van der Waals surface area contributed by atoms with Crippen LogP contribution >= 0.6 is 11.8 Å². The van der Waals surface area contributed by atoms with Gasteiger partial charge in [-0.3, -0.25) is 4.79 Å². The van der Waals surface area contributed by atoms with Crippen LogP contribution in [0.5, 0.6) is 0 Å². The van der Waals surface area contributed by atoms with Crippen LogP contribution in [0.2, 0.25) is 0 Å². The molecule has 1 aliphatic carbocycles. The molecule has 11 heavy (non-hydrogen) atoms. The maximum absolute atomic E-state index is 11.1. The zero-order chi connectivity index (χ0) is 8.27. The van der Waals surface area contributed by atoms with Gasteiger partial charge >= 0.3 is 5.97 Å². The molecule has 1 rings (SSSR count). The topological polar surface area (TPSA) is 26.3 Å². The number of hydrogen-bond acceptors (Lipinski definition) is 3. The molecule has 0 aliphatic heterocycles. The quantitative estimate of drug-likeness (QED) is 0.609. The van der Waals surface area contributed by atoms with Crippen LogP contribution in [0.25, 0.3) is 0 Å². The fourth-order valence-corrected chi connectivity index (χ4v) is 2.06. The van der Waals surface area contributed by atoms with Gasteiger partial charge in [0, 0.05) is 5.25 Å². The highest BCUT2D eigenvalue weighted by Crippen LogP contribution is 2.36. The van der Waals surface area contributed by atoms with Crippen LogP contribution < -0.4 is 0 Å². The second-order valence-corrected chi connectivity index (χ2v) is 3.92. The Morgan fingerprint density at radius 1 is 1.64 bits per heavy atom. The molecule has 0 atom stereocenters. The van der Waals surface area contributed by atoms with E-state index in [1.54, 1.807) is 0 Å². The Morgan fingerprint density at radius 3 is 2.73 bits per heavy atom. The molecule has 0 aromatic heterocycles. The first-order valence-electron chi connectivity index (χ1n) is 3.97. The lowest BCUT2D eigenvalue weighted by Crippen LogP contribution is -2.33. The first kappa shape index (κ1) is 8.91. The molecular weight excluding hydrogens is 160 g/mol. The van der Waals surface area contributed by atoms with E-state index < -0.39 is 0 Å². The minimum absolute atomic E-state index is 0.00204. The number of rotatable bonds is 3. The van der Waals surface area contributed by atoms with Crippen LogP contribution in [0.1, 0.15) is 19.8 Å². The van der Waals surface area contributed by atoms with Crippen molar-refractivity contribution in [2.75, 3.05) is 12.9 Å². The van der Waals surface area contributed by atoms with E-state index in [-0.39, 0.29) is 11.9 Å². The summed E-state index contributed by atoms with van der Waals surface area (Å²) in [7, 11) is 0. The summed E-state index contributed by atoms with van der Waals surface area (Å²) in [5, 5.41) is 0.699. The Balaban J connectivity index is 2.16. The number of hydrogen-bond donors (Lipinski definition) is 0. The molecule has 1 saturated carbocycles. The fraction of sp³-hybridized carbons (Fsp3) is 0.875. The Bertz CT molecular complexity index is 141. The summed E-state index contributed by atoms with van der Waals surface area (Å²) < 4.78 is 4.89. The average Bonchev–Trinajstić information content (AvgIpc) is 1.86. The SMILES string of the molecule is CCOC(=O)C1CC(SC)C1. The minimum Gasteiger partial charge on any atom is -0.466 e. The molecule has 64 valence electrons. The van der Waals surface area contributed by atoms with Gasteiger partial charge in [0.1, 0.15) is 0 Å². The normalized spacial score (nSPS) is 29.3. The molecular formula is C8H14O2S. The van der Waals surface area contributed by atoms with E-state index in [2.05, 4.69) is 6.26 Å². The highest BCUT2D eigenvalue weighted by atomic mass is 32.2. The summed E-state index contributed by atoms with van der Waals surface area (Å²) in [5.41, 5.74) is 0. The zero-order valence-corrected chi connectivity index (χ0v) is 7.82. The third-order valence-electron chi connectivity index (χ3n) is 2.05. The lowest BCUT2D eigenvalue weighted by molar-refractivity contribution is -0.150. The van der Waals surface area contributed by atoms with Crippen molar-refractivity contribution in [3.8, 4) is 0 Å². The van der Waals surface area contributed by atoms with E-state index in [0.717, 1.165) is 12.8 Å². The summed E-state index contributed by atoms with van der Waals surface area (Å²) >= 11 is 1.84. The first-order chi connectivity index (χ1) is 5.27. The van der Waals surface area contributed by atoms with Crippen molar-refractivity contribution in [3.63, 3.8) is 0 Å². The van der Waals surface area contributed by atoms with Gasteiger partial charge in [0.25, 0.3) is 0 Å². The summed E-state index contributed by atoms with van der Waals surface area (Å²) in [5.74, 6) is 0.199. The second kappa shape index (κ2) is 4.00. The molecule has 0 radical (unpaired) electrons. The molecule has 0 aromatic carbocycles. The fourth-order valence-electron chi connectivity index (χ4n) is 1.21. The van der Waals surface area contributed by atoms with Crippen molar-refractivity contribution in [1.82, 2.24) is 0 Å². The van der Waals surface area contributed by atoms with Crippen LogP contribution in [0.3, 0.4) is 0 Å². The molecule has 0 saturated heterocycles. The van der Waals surface area contributed by atoms with E-state index in [4.69, 9.17) is 4.74 Å². The minimum atomic E-state index is -0.00204. The number of ether oxygens (including phenoxy) is 1. The van der Waals surface area contributed by atoms with Crippen molar-refractivity contribution in [2.24, 2.45) is 5.92 Å². The smallest absolute Gasteiger partial charge is 0.308 e. The number of thioether (sulfide) groups is 1. The van der Waals surface area contributed by atoms with Crippen molar-refractivity contribution < 1.29 is 9.53 Å². The van der Waals surface area contributed by atoms with Gasteiger partial charge in [-0.1, -0.05) is 0 Å². The molecule has 0 aromatic rings. The lowest BCUT2D eigenvalue weighted by atomic mass is 9.85. The Labute approximate surface area is 71.7 Å². The molecule has 0 amide bonds. The summed E-state index contributed by atoms with van der Waals surface area (Å²) in [6.07, 6.45) is 4.12. The number of carbonyl (C=O) groups excluding carboxylic acids is 1. The molecule has 3 heteroatoms. The van der Waals surface area contributed by atoms with Crippen LogP contribution in [-0.4, -0.2) is 24.1 Å². The predicted molar refractivity (Wildman–Crippen MR) is 46.7 cm³/mol. The maximum atomic E-state index is 11.1. The van der Waals surface area contributed by atoms with Gasteiger partial charge < -0.3 is 4.74 Å². The average molecular weight is 174 g/mol. The van der Waals surface area contributed by atoms with Crippen LogP contribution in [0, 0.1) is 5.92 Å². The molecule has 0 N–H and O–H groups in total. The third-order valence-corrected chi connectivity index (χ3v) is 3.10. The van der Waals surface area contributed by atoms with Gasteiger partial charge in [0.15, 0.2) is 0 Å². The molecule has 1 fully saturated rings. The van der Waals surface area contributed by atoms with Gasteiger partial charge in [-0.2, -0.15) is 11.8 Å². The van der Waals surface area contributed by atoms with E-state index >= 15 is 0 Å². The molecule has 1 aliphatic rings. The highest BCUT2D eigenvalue weighted by molar-refractivity contribution is 7.99. The predicted octanol–water partition coefficient (Wildman–Crippen LogP) is 1.69. The third kappa shape index (κ3) is 2.12. The summed E-state index contributed by atoms with van der Waals surface area (Å²) in [6.45, 7) is 2.36. The maximum Gasteiger partial charge on any atom is 0.308 e. The van der Waals surface area contributed by atoms with Gasteiger partial charge in [0.2, 0.25) is 0 Å². The lowest BCUT2D eigenvalue weighted by Gasteiger charge is -2.31. The summed E-state index contributed by atoms with van der Waals surface area (Å²) in [4.78, 5) is 11.1. The van der Waals surface area contributed by atoms with Crippen molar-refractivity contribution in [1.29, 1.82) is 0 Å². The van der Waals surface area contributed by atoms with Crippen LogP contribution in [0.15, 0.2) is 0 Å². The van der Waals surface area contributed by atoms with Crippen molar-refractivity contribution in [2.45, 2.75) is 25.0 Å². The van der Waals surface area contributed by atoms with E-state index in [0.29, 0.717) is 11.9 Å². The van der Waals surface area contributed by atoms with E-state index in [9.17, 15) is 4.79 Å². The Kier molecular flexibility index (Phi) is 3.24. The standard InChI is InChI=1S/C8H14O2S/c1-3-10-8(9)6-4-7(5-6)11-2/h6-7H,3-5H2,1-2H3. The van der Waals surface area contributed by atoms with Gasteiger partial charge in [-0.15, -0.1) is 0 Å². The summed E-state index contributed by atoms with van der Waals surface area (Å²) in [6, 6.07) is 0. The van der Waals surface area contributed by atoms with Gasteiger partial charge in [-0.25, -0.2) is 0 Å². The molecule has 0 spiro atoms. The van der Waals surface area contributed by atoms with Crippen LogP contribution in [0.4, 0.5) is 0 Å². The molecule has 0 unspecified atom stereocenters. The molecule has 2 nitrogen and oxygen atoms in total. The van der Waals surface area contributed by atoms with Gasteiger partial charge in [0.05, 0.1) is 12.5 Å². The van der Waals surface area contributed by atoms with E-state index in [1.165, 1.54) is 0 Å². The second-order valence-electron chi connectivity index (χ2n) is 2.78. The molecule has 0 heterocycles. The van der Waals surface area contributed by atoms with Gasteiger partial charge in [-0.05, 0) is 26.0 Å². The first-order valence-corrected chi connectivity index (χ1v) is 5.26. The highest BCUT2D eigenvalue weighted by Gasteiger charge is 2.34. The van der Waals surface area contributed by atoms with Crippen LogP contribution in [-0.2, 0) is 9.53 Å². The largest absolute Gasteiger partial charge is 0.466 e. The van der Waals surface area contributed by atoms with Crippen molar-refractivity contribution >= 4 is 17.7 Å². The van der Waals surface area contributed by atoms with E-state index in [1.807, 2.05) is 18.7 Å². The molecule has 0 bridgehead atoms. The Morgan fingerprint density at radius 2 is 2.27 bits per heavy atom.